The average Bonchev–Trinajstić information content (AvgIpc) is 2.78. The van der Waals surface area contributed by atoms with Crippen molar-refractivity contribution >= 4 is 29.1 Å². The number of piperidine rings is 1. The number of rotatable bonds is 4. The molecule has 164 valence electrons. The van der Waals surface area contributed by atoms with Crippen LogP contribution in [0.2, 0.25) is 5.02 Å². The Morgan fingerprint density at radius 1 is 1.23 bits per heavy atom. The van der Waals surface area contributed by atoms with Crippen LogP contribution in [0, 0.1) is 5.21 Å². The molecule has 2 aromatic carbocycles. The number of nitrogens with zero attached hydrogens (tertiary/aromatic N) is 2. The van der Waals surface area contributed by atoms with Crippen LogP contribution < -0.4 is 14.7 Å². The largest absolute Gasteiger partial charge is 0.626 e. The lowest BCUT2D eigenvalue weighted by Crippen LogP contribution is -3.14. The van der Waals surface area contributed by atoms with Crippen molar-refractivity contribution in [2.75, 3.05) is 25.0 Å². The van der Waals surface area contributed by atoms with Crippen LogP contribution in [0.5, 0.6) is 5.75 Å². The predicted molar refractivity (Wildman–Crippen MR) is 118 cm³/mol. The van der Waals surface area contributed by atoms with Gasteiger partial charge in [0.2, 0.25) is 0 Å². The first-order valence-electron chi connectivity index (χ1n) is 10.5. The Morgan fingerprint density at radius 2 is 1.90 bits per heavy atom. The van der Waals surface area contributed by atoms with Crippen molar-refractivity contribution in [2.24, 2.45) is 0 Å². The molecule has 7 nitrogen and oxygen atoms in total. The van der Waals surface area contributed by atoms with Crippen molar-refractivity contribution in [2.45, 2.75) is 38.5 Å². The average molecular weight is 444 g/mol. The third kappa shape index (κ3) is 4.45. The molecule has 1 saturated heterocycles. The summed E-state index contributed by atoms with van der Waals surface area (Å²) in [5.41, 5.74) is 1.77. The van der Waals surface area contributed by atoms with Gasteiger partial charge in [-0.15, -0.1) is 0 Å². The summed E-state index contributed by atoms with van der Waals surface area (Å²) >= 11 is 6.20. The van der Waals surface area contributed by atoms with E-state index in [0.717, 1.165) is 19.6 Å². The number of hydroxylamine groups is 2. The molecule has 31 heavy (non-hydrogen) atoms. The summed E-state index contributed by atoms with van der Waals surface area (Å²) in [5, 5.41) is 12.9. The lowest BCUT2D eigenvalue weighted by Gasteiger charge is -2.37. The topological polar surface area (TPSA) is 77.3 Å². The van der Waals surface area contributed by atoms with Crippen LogP contribution in [0.4, 0.5) is 5.69 Å². The van der Waals surface area contributed by atoms with Gasteiger partial charge in [-0.1, -0.05) is 41.9 Å². The number of quaternary nitrogens is 1. The highest BCUT2D eigenvalue weighted by atomic mass is 35.5. The summed E-state index contributed by atoms with van der Waals surface area (Å²) in [7, 11) is 1.61. The van der Waals surface area contributed by atoms with Crippen molar-refractivity contribution in [3.63, 3.8) is 0 Å². The van der Waals surface area contributed by atoms with Gasteiger partial charge >= 0.3 is 5.91 Å². The maximum absolute atomic E-state index is 13.1. The fourth-order valence-electron chi connectivity index (χ4n) is 4.25. The first-order valence-corrected chi connectivity index (χ1v) is 10.9. The minimum atomic E-state index is -0.735. The normalized spacial score (nSPS) is 20.8. The summed E-state index contributed by atoms with van der Waals surface area (Å²) < 4.78 is 5.71. The van der Waals surface area contributed by atoms with Crippen LogP contribution in [0.15, 0.2) is 42.5 Å². The van der Waals surface area contributed by atoms with Gasteiger partial charge in [0.25, 0.3) is 5.91 Å². The Morgan fingerprint density at radius 3 is 2.58 bits per heavy atom. The van der Waals surface area contributed by atoms with Crippen molar-refractivity contribution in [3.05, 3.63) is 63.8 Å². The zero-order chi connectivity index (χ0) is 22.1. The molecular formula is C23H26ClN3O4. The maximum Gasteiger partial charge on any atom is 0.348 e. The number of benzene rings is 2. The summed E-state index contributed by atoms with van der Waals surface area (Å²) in [6, 6.07) is 12.9. The molecule has 1 fully saturated rings. The zero-order valence-corrected chi connectivity index (χ0v) is 18.4. The fourth-order valence-corrected chi connectivity index (χ4v) is 4.46. The molecule has 4 rings (SSSR count). The first kappa shape index (κ1) is 21.8. The third-order valence-corrected chi connectivity index (χ3v) is 6.26. The van der Waals surface area contributed by atoms with Crippen LogP contribution in [0.3, 0.4) is 0 Å². The number of likely N-dealkylation sites (tertiary alicyclic amines) is 1. The number of ether oxygens (including phenoxy) is 1. The van der Waals surface area contributed by atoms with Crippen molar-refractivity contribution < 1.29 is 19.4 Å². The molecule has 2 amide bonds. The lowest BCUT2D eigenvalue weighted by atomic mass is 10.0. The number of fused-ring (bicyclic) bond motifs is 1. The number of hydrogen-bond acceptors (Lipinski definition) is 5. The highest BCUT2D eigenvalue weighted by Gasteiger charge is 2.36. The zero-order valence-electron chi connectivity index (χ0n) is 17.6. The quantitative estimate of drug-likeness (QED) is 0.733. The summed E-state index contributed by atoms with van der Waals surface area (Å²) in [6.07, 6.45) is 0.535. The maximum atomic E-state index is 13.1. The third-order valence-electron chi connectivity index (χ3n) is 6.04. The highest BCUT2D eigenvalue weighted by molar-refractivity contribution is 6.31. The van der Waals surface area contributed by atoms with E-state index in [1.54, 1.807) is 20.0 Å². The van der Waals surface area contributed by atoms with Gasteiger partial charge in [-0.3, -0.25) is 9.69 Å². The van der Waals surface area contributed by atoms with Gasteiger partial charge in [-0.05, 0) is 24.6 Å². The molecule has 0 aliphatic carbocycles. The van der Waals surface area contributed by atoms with Gasteiger partial charge in [-0.2, -0.15) is 0 Å². The summed E-state index contributed by atoms with van der Waals surface area (Å²) in [5.74, 6) is -0.584. The lowest BCUT2D eigenvalue weighted by molar-refractivity contribution is -0.790. The Labute approximate surface area is 186 Å². The molecule has 2 heterocycles. The Hall–Kier alpha value is -2.45. The van der Waals surface area contributed by atoms with Crippen molar-refractivity contribution in [3.8, 4) is 5.75 Å². The van der Waals surface area contributed by atoms with E-state index in [2.05, 4.69) is 17.0 Å². The Kier molecular flexibility index (Phi) is 6.29. The highest BCUT2D eigenvalue weighted by Crippen LogP contribution is 2.38. The van der Waals surface area contributed by atoms with Crippen LogP contribution in [-0.4, -0.2) is 49.0 Å². The molecule has 0 saturated carbocycles. The smallest absolute Gasteiger partial charge is 0.348 e. The molecule has 2 aromatic rings. The number of nitrogens with one attached hydrogen (secondary N) is 1. The van der Waals surface area contributed by atoms with Gasteiger partial charge in [0.15, 0.2) is 11.9 Å². The molecular weight excluding hydrogens is 418 g/mol. The number of likely N-dealkylation sites (N-methyl/N-ethyl adjacent to an activating group) is 1. The van der Waals surface area contributed by atoms with Crippen molar-refractivity contribution in [1.82, 2.24) is 4.90 Å². The van der Waals surface area contributed by atoms with Gasteiger partial charge in [-0.25, -0.2) is 4.79 Å². The van der Waals surface area contributed by atoms with E-state index in [9.17, 15) is 14.8 Å². The van der Waals surface area contributed by atoms with E-state index in [1.807, 2.05) is 18.2 Å². The Balaban J connectivity index is 1.47. The second kappa shape index (κ2) is 8.96. The van der Waals surface area contributed by atoms with E-state index in [1.165, 1.54) is 16.5 Å². The fraction of sp³-hybridized carbons (Fsp3) is 0.391. The van der Waals surface area contributed by atoms with Crippen molar-refractivity contribution in [1.29, 1.82) is 0 Å². The van der Waals surface area contributed by atoms with E-state index in [-0.39, 0.29) is 28.3 Å². The molecule has 0 spiro atoms. The van der Waals surface area contributed by atoms with E-state index in [4.69, 9.17) is 16.3 Å². The second-order valence-corrected chi connectivity index (χ2v) is 8.62. The number of halogens is 1. The van der Waals surface area contributed by atoms with Gasteiger partial charge in [0.1, 0.15) is 5.56 Å². The molecule has 0 bridgehead atoms. The van der Waals surface area contributed by atoms with Gasteiger partial charge in [0, 0.05) is 44.5 Å². The summed E-state index contributed by atoms with van der Waals surface area (Å²) in [6.45, 7) is 3.98. The summed E-state index contributed by atoms with van der Waals surface area (Å²) in [4.78, 5) is 29.1. The van der Waals surface area contributed by atoms with Crippen LogP contribution in [0.25, 0.3) is 0 Å². The van der Waals surface area contributed by atoms with E-state index in [0.29, 0.717) is 18.5 Å². The SMILES string of the molecule is CC1Oc2c(C(=O)[NH+]([O-])C3CCN(Cc4ccccc4)CC3)cc(Cl)cc2N(C)C1=O. The van der Waals surface area contributed by atoms with Crippen LogP contribution >= 0.6 is 11.6 Å². The Bertz CT molecular complexity index is 976. The second-order valence-electron chi connectivity index (χ2n) is 8.19. The molecule has 0 aromatic heterocycles. The molecule has 2 aliphatic rings. The molecule has 0 radical (unpaired) electrons. The van der Waals surface area contributed by atoms with E-state index < -0.39 is 17.1 Å². The number of carbonyl (C=O) groups excluding carboxylic acids is 2. The first-order chi connectivity index (χ1) is 14.8. The standard InChI is InChI=1S/C23H26ClN3O4/c1-15-22(28)25(2)20-13-17(24)12-19(21(20)31-15)23(29)27(30)18-8-10-26(11-9-18)14-16-6-4-3-5-7-16/h3-7,12-13,15,18,27H,8-11,14H2,1-2H3. The molecule has 1 N–H and O–H groups in total. The van der Waals surface area contributed by atoms with Gasteiger partial charge < -0.3 is 19.9 Å². The van der Waals surface area contributed by atoms with E-state index >= 15 is 0 Å². The number of carbonyl (C=O) groups is 2. The minimum absolute atomic E-state index is 0.130. The molecule has 2 atom stereocenters. The molecule has 8 heteroatoms. The van der Waals surface area contributed by atoms with Gasteiger partial charge in [0.05, 0.1) is 11.7 Å². The minimum Gasteiger partial charge on any atom is -0.626 e. The number of hydrogen-bond donors (Lipinski definition) is 1. The number of amides is 2. The predicted octanol–water partition coefficient (Wildman–Crippen LogP) is 2.27. The molecule has 2 unspecified atom stereocenters. The monoisotopic (exact) mass is 443 g/mol. The van der Waals surface area contributed by atoms with Crippen LogP contribution in [0.1, 0.15) is 35.7 Å². The molecule has 2 aliphatic heterocycles. The van der Waals surface area contributed by atoms with Crippen LogP contribution in [-0.2, 0) is 11.3 Å². The number of anilines is 1.